The number of nitrogens with one attached hydrogen (secondary N) is 1. The first-order chi connectivity index (χ1) is 21.8. The maximum atomic E-state index is 14.2. The minimum atomic E-state index is -3.07. The molecule has 244 valence electrons. The van der Waals surface area contributed by atoms with Gasteiger partial charge in [0.25, 0.3) is 5.92 Å². The number of nitrogens with zero attached hydrogens (tertiary/aromatic N) is 2. The average molecular weight is 676 g/mol. The molecule has 6 rings (SSSR count). The molecule has 3 fully saturated rings. The second-order valence-electron chi connectivity index (χ2n) is 12.5. The first-order valence-electron chi connectivity index (χ1n) is 15.0. The van der Waals surface area contributed by atoms with Crippen molar-refractivity contribution in [2.24, 2.45) is 11.3 Å². The Morgan fingerprint density at radius 1 is 1.15 bits per heavy atom. The van der Waals surface area contributed by atoms with E-state index in [1.54, 1.807) is 18.2 Å². The highest BCUT2D eigenvalue weighted by Gasteiger charge is 2.57. The van der Waals surface area contributed by atoms with E-state index >= 15 is 0 Å². The molecule has 2 amide bonds. The van der Waals surface area contributed by atoms with E-state index in [2.05, 4.69) is 11.4 Å². The molecule has 14 heteroatoms. The van der Waals surface area contributed by atoms with Crippen LogP contribution in [0.4, 0.5) is 8.78 Å². The van der Waals surface area contributed by atoms with Crippen LogP contribution in [0.25, 0.3) is 0 Å². The molecule has 1 N–H and O–H groups in total. The molecular weight excluding hydrogens is 644 g/mol. The summed E-state index contributed by atoms with van der Waals surface area (Å²) in [7, 11) is -2.28. The number of rotatable bonds is 11. The molecule has 10 nitrogen and oxygen atoms in total. The van der Waals surface area contributed by atoms with Crippen molar-refractivity contribution >= 4 is 39.3 Å². The van der Waals surface area contributed by atoms with Gasteiger partial charge in [-0.2, -0.15) is 5.26 Å². The second-order valence-corrected chi connectivity index (χ2v) is 14.3. The van der Waals surface area contributed by atoms with Gasteiger partial charge in [-0.25, -0.2) is 13.0 Å². The van der Waals surface area contributed by atoms with Gasteiger partial charge in [-0.3, -0.25) is 14.4 Å². The molecule has 2 aliphatic carbocycles. The van der Waals surface area contributed by atoms with E-state index in [9.17, 15) is 32.6 Å². The van der Waals surface area contributed by atoms with Crippen LogP contribution in [0.2, 0.25) is 5.02 Å². The minimum absolute atomic E-state index is 0.0247. The molecule has 2 aromatic carbocycles. The Hall–Kier alpha value is -3.76. The van der Waals surface area contributed by atoms with E-state index < -0.39 is 57.1 Å². The molecule has 4 aliphatic rings. The van der Waals surface area contributed by atoms with Crippen molar-refractivity contribution in [2.45, 2.75) is 67.7 Å². The number of alkyl halides is 2. The van der Waals surface area contributed by atoms with Crippen LogP contribution < -0.4 is 19.5 Å². The Morgan fingerprint density at radius 2 is 1.89 bits per heavy atom. The van der Waals surface area contributed by atoms with Gasteiger partial charge < -0.3 is 24.4 Å². The first-order valence-corrected chi connectivity index (χ1v) is 16.5. The zero-order chi connectivity index (χ0) is 32.9. The van der Waals surface area contributed by atoms with Gasteiger partial charge in [-0.15, -0.1) is 0 Å². The third-order valence-corrected chi connectivity index (χ3v) is 10.9. The van der Waals surface area contributed by atoms with Crippen molar-refractivity contribution in [3.05, 3.63) is 47.0 Å². The number of amides is 2. The molecule has 46 heavy (non-hydrogen) atoms. The topological polar surface area (TPSA) is 135 Å². The molecule has 1 saturated heterocycles. The quantitative estimate of drug-likeness (QED) is 0.368. The largest absolute Gasteiger partial charge is 0.487 e. The van der Waals surface area contributed by atoms with Crippen LogP contribution in [0, 0.1) is 22.7 Å². The van der Waals surface area contributed by atoms with Crippen molar-refractivity contribution < 1.29 is 41.6 Å². The predicted octanol–water partition coefficient (Wildman–Crippen LogP) is 4.50. The third kappa shape index (κ3) is 6.42. The smallest absolute Gasteiger partial charge is 0.278 e. The fraction of sp³-hybridized carbons (Fsp3) is 0.500. The van der Waals surface area contributed by atoms with Crippen LogP contribution in [0.5, 0.6) is 17.2 Å². The SMILES string of the molecule is CC(F)(F)COc1ccc(S(=O)C(=O)[C@@H]2C[C@@H](C(=O)NCCC3(C#N)CC3)N(C(=O)C3(c4ccc5c(c4)OCO5)CC3)C2)c(Cl)c1. The molecule has 2 aromatic rings. The summed E-state index contributed by atoms with van der Waals surface area (Å²) in [4.78, 5) is 42.7. The van der Waals surface area contributed by atoms with Crippen molar-refractivity contribution in [1.29, 1.82) is 5.26 Å². The number of hydrogen-bond donors (Lipinski definition) is 1. The lowest BCUT2D eigenvalue weighted by atomic mass is 9.93. The number of carbonyl (C=O) groups excluding carboxylic acids is 3. The van der Waals surface area contributed by atoms with E-state index in [1.165, 1.54) is 23.1 Å². The highest BCUT2D eigenvalue weighted by atomic mass is 35.5. The number of carbonyl (C=O) groups is 3. The summed E-state index contributed by atoms with van der Waals surface area (Å²) in [5.41, 5.74) is -0.606. The van der Waals surface area contributed by atoms with Gasteiger partial charge in [0, 0.05) is 20.0 Å². The van der Waals surface area contributed by atoms with Crippen molar-refractivity contribution in [3.63, 3.8) is 0 Å². The van der Waals surface area contributed by atoms with E-state index in [1.807, 2.05) is 0 Å². The lowest BCUT2D eigenvalue weighted by Gasteiger charge is -2.28. The van der Waals surface area contributed by atoms with E-state index in [4.69, 9.17) is 25.8 Å². The van der Waals surface area contributed by atoms with Crippen LogP contribution in [-0.4, -0.2) is 64.5 Å². The Kier molecular flexibility index (Phi) is 8.48. The lowest BCUT2D eigenvalue weighted by Crippen LogP contribution is -2.49. The summed E-state index contributed by atoms with van der Waals surface area (Å²) in [5.74, 6) is -3.64. The fourth-order valence-corrected chi connectivity index (χ4v) is 7.50. The fourth-order valence-electron chi connectivity index (χ4n) is 6.00. The third-order valence-electron chi connectivity index (χ3n) is 9.05. The summed E-state index contributed by atoms with van der Waals surface area (Å²) >= 11 is 6.29. The van der Waals surface area contributed by atoms with Gasteiger partial charge in [-0.05, 0) is 74.4 Å². The van der Waals surface area contributed by atoms with Crippen molar-refractivity contribution in [3.8, 4) is 23.3 Å². The monoisotopic (exact) mass is 675 g/mol. The van der Waals surface area contributed by atoms with Crippen molar-refractivity contribution in [1.82, 2.24) is 10.2 Å². The molecular formula is C32H32ClF2N3O7S. The van der Waals surface area contributed by atoms with Crippen LogP contribution in [0.15, 0.2) is 41.3 Å². The van der Waals surface area contributed by atoms with Crippen molar-refractivity contribution in [2.75, 3.05) is 26.5 Å². The predicted molar refractivity (Wildman–Crippen MR) is 161 cm³/mol. The summed E-state index contributed by atoms with van der Waals surface area (Å²) < 4.78 is 55.8. The van der Waals surface area contributed by atoms with E-state index in [0.29, 0.717) is 37.7 Å². The zero-order valence-corrected chi connectivity index (χ0v) is 26.6. The molecule has 0 bridgehead atoms. The summed E-state index contributed by atoms with van der Waals surface area (Å²) in [6.45, 7) is 0.0227. The second kappa shape index (κ2) is 12.1. The van der Waals surface area contributed by atoms with Crippen LogP contribution in [0.3, 0.4) is 0 Å². The number of fused-ring (bicyclic) bond motifs is 1. The van der Waals surface area contributed by atoms with E-state index in [-0.39, 0.29) is 47.9 Å². The number of likely N-dealkylation sites (tertiary alicyclic amines) is 1. The van der Waals surface area contributed by atoms with Gasteiger partial charge >= 0.3 is 0 Å². The molecule has 3 atom stereocenters. The molecule has 0 spiro atoms. The Bertz CT molecular complexity index is 1650. The number of nitriles is 1. The summed E-state index contributed by atoms with van der Waals surface area (Å²) in [5, 5.41) is 11.4. The number of benzene rings is 2. The molecule has 1 unspecified atom stereocenters. The Labute approximate surface area is 271 Å². The van der Waals surface area contributed by atoms with Gasteiger partial charge in [0.05, 0.1) is 32.7 Å². The minimum Gasteiger partial charge on any atom is -0.487 e. The van der Waals surface area contributed by atoms with E-state index in [0.717, 1.165) is 18.4 Å². The molecule has 0 aromatic heterocycles. The standard InChI is InChI=1S/C32H32ClF2N3O7S/c1-30(34,35)17-43-21-3-5-26(22(33)14-21)46(42)28(40)19-12-23(27(39)37-11-10-31(16-36)6-7-31)38(15-19)29(41)32(8-9-32)20-2-4-24-25(13-20)45-18-44-24/h2-5,13-14,19,23H,6-12,15,17-18H2,1H3,(H,37,39)/t19-,23+,46?/m1/s1. The summed E-state index contributed by atoms with van der Waals surface area (Å²) in [6, 6.07) is 10.4. The Morgan fingerprint density at radius 3 is 2.54 bits per heavy atom. The van der Waals surface area contributed by atoms with Gasteiger partial charge in [-0.1, -0.05) is 17.7 Å². The van der Waals surface area contributed by atoms with Gasteiger partial charge in [0.2, 0.25) is 23.7 Å². The van der Waals surface area contributed by atoms with Crippen LogP contribution in [0.1, 0.15) is 51.0 Å². The zero-order valence-electron chi connectivity index (χ0n) is 25.0. The molecule has 2 saturated carbocycles. The number of halogens is 3. The first kappa shape index (κ1) is 32.2. The average Bonchev–Trinajstić information content (AvgIpc) is 3.91. The van der Waals surface area contributed by atoms with Crippen LogP contribution >= 0.6 is 11.6 Å². The van der Waals surface area contributed by atoms with Crippen LogP contribution in [-0.2, 0) is 30.6 Å². The van der Waals surface area contributed by atoms with Gasteiger partial charge in [0.1, 0.15) is 22.6 Å². The highest BCUT2D eigenvalue weighted by molar-refractivity contribution is 8.00. The lowest BCUT2D eigenvalue weighted by molar-refractivity contribution is -0.140. The number of hydrogen-bond acceptors (Lipinski definition) is 8. The molecule has 2 heterocycles. The Balaban J connectivity index is 1.20. The molecule has 2 aliphatic heterocycles. The molecule has 0 radical (unpaired) electrons. The maximum absolute atomic E-state index is 14.2. The van der Waals surface area contributed by atoms with Gasteiger partial charge in [0.15, 0.2) is 18.1 Å². The summed E-state index contributed by atoms with van der Waals surface area (Å²) in [6.07, 6.45) is 3.06. The normalized spacial score (nSPS) is 22.5. The number of ether oxygens (including phenoxy) is 3. The maximum Gasteiger partial charge on any atom is 0.278 e. The highest BCUT2D eigenvalue weighted by Crippen LogP contribution is 2.53.